The molecule has 0 saturated heterocycles. The lowest BCUT2D eigenvalue weighted by molar-refractivity contribution is 0.273. The summed E-state index contributed by atoms with van der Waals surface area (Å²) >= 11 is 0. The van der Waals surface area contributed by atoms with E-state index in [1.807, 2.05) is 31.2 Å². The molecule has 2 rings (SSSR count). The number of aromatic nitrogens is 1. The van der Waals surface area contributed by atoms with Crippen LogP contribution in [0, 0.1) is 0 Å². The van der Waals surface area contributed by atoms with Crippen molar-refractivity contribution in [2.24, 2.45) is 0 Å². The maximum Gasteiger partial charge on any atom is 0.225 e. The molecule has 1 heterocycles. The Balaban J connectivity index is 2.35. The summed E-state index contributed by atoms with van der Waals surface area (Å²) in [7, 11) is 0. The molecule has 3 heteroatoms. The third-order valence-electron chi connectivity index (χ3n) is 2.41. The molecule has 1 aromatic heterocycles. The molecule has 3 nitrogen and oxygen atoms in total. The monoisotopic (exact) mass is 203 g/mol. The van der Waals surface area contributed by atoms with E-state index in [9.17, 15) is 0 Å². The Kier molecular flexibility index (Phi) is 2.83. The van der Waals surface area contributed by atoms with E-state index in [2.05, 4.69) is 4.98 Å². The van der Waals surface area contributed by atoms with Crippen LogP contribution >= 0.6 is 0 Å². The minimum absolute atomic E-state index is 0.139. The number of rotatable bonds is 3. The van der Waals surface area contributed by atoms with E-state index >= 15 is 0 Å². The predicted octanol–water partition coefficient (Wildman–Crippen LogP) is 2.44. The first kappa shape index (κ1) is 9.93. The summed E-state index contributed by atoms with van der Waals surface area (Å²) in [6.45, 7) is 2.13. The highest BCUT2D eigenvalue weighted by atomic mass is 16.3. The molecule has 0 saturated carbocycles. The molecule has 0 spiro atoms. The topological polar surface area (TPSA) is 46.3 Å². The SMILES string of the molecule is CC(CO)c1cccc(-c2ncco2)c1. The summed E-state index contributed by atoms with van der Waals surface area (Å²) < 4.78 is 5.21. The van der Waals surface area contributed by atoms with Crippen LogP contribution in [0.15, 0.2) is 41.1 Å². The van der Waals surface area contributed by atoms with Crippen LogP contribution in [-0.2, 0) is 0 Å². The highest BCUT2D eigenvalue weighted by molar-refractivity contribution is 5.54. The Morgan fingerprint density at radius 2 is 2.33 bits per heavy atom. The van der Waals surface area contributed by atoms with Gasteiger partial charge in [0, 0.05) is 18.1 Å². The average Bonchev–Trinajstić information content (AvgIpc) is 2.82. The summed E-state index contributed by atoms with van der Waals surface area (Å²) in [4.78, 5) is 4.08. The summed E-state index contributed by atoms with van der Waals surface area (Å²) in [5, 5.41) is 9.07. The fourth-order valence-corrected chi connectivity index (χ4v) is 1.45. The standard InChI is InChI=1S/C12H13NO2/c1-9(8-14)10-3-2-4-11(7-10)12-13-5-6-15-12/h2-7,9,14H,8H2,1H3. The molecule has 1 aromatic carbocycles. The van der Waals surface area contributed by atoms with E-state index in [4.69, 9.17) is 9.52 Å². The van der Waals surface area contributed by atoms with Crippen LogP contribution in [0.3, 0.4) is 0 Å². The van der Waals surface area contributed by atoms with Crippen molar-refractivity contribution in [1.29, 1.82) is 0 Å². The van der Waals surface area contributed by atoms with Crippen molar-refractivity contribution < 1.29 is 9.52 Å². The van der Waals surface area contributed by atoms with Crippen molar-refractivity contribution in [3.63, 3.8) is 0 Å². The molecule has 0 radical (unpaired) electrons. The number of hydrogen-bond acceptors (Lipinski definition) is 3. The fraction of sp³-hybridized carbons (Fsp3) is 0.250. The normalized spacial score (nSPS) is 12.7. The van der Waals surface area contributed by atoms with Gasteiger partial charge in [0.1, 0.15) is 6.26 Å². The van der Waals surface area contributed by atoms with E-state index < -0.39 is 0 Å². The van der Waals surface area contributed by atoms with Gasteiger partial charge in [-0.15, -0.1) is 0 Å². The third-order valence-corrected chi connectivity index (χ3v) is 2.41. The lowest BCUT2D eigenvalue weighted by atomic mass is 10.00. The zero-order valence-electron chi connectivity index (χ0n) is 8.55. The molecule has 2 aromatic rings. The second-order valence-electron chi connectivity index (χ2n) is 3.55. The highest BCUT2D eigenvalue weighted by Gasteiger charge is 2.07. The summed E-state index contributed by atoms with van der Waals surface area (Å²) in [5.41, 5.74) is 2.03. The zero-order chi connectivity index (χ0) is 10.7. The first-order valence-electron chi connectivity index (χ1n) is 4.92. The van der Waals surface area contributed by atoms with Gasteiger partial charge >= 0.3 is 0 Å². The largest absolute Gasteiger partial charge is 0.445 e. The first-order chi connectivity index (χ1) is 7.31. The van der Waals surface area contributed by atoms with Crippen molar-refractivity contribution in [2.45, 2.75) is 12.8 Å². The number of aliphatic hydroxyl groups excluding tert-OH is 1. The molecule has 0 aliphatic carbocycles. The Hall–Kier alpha value is -1.61. The number of aliphatic hydroxyl groups is 1. The minimum atomic E-state index is 0.139. The van der Waals surface area contributed by atoms with Crippen LogP contribution in [0.5, 0.6) is 0 Å². The molecule has 0 fully saturated rings. The Morgan fingerprint density at radius 3 is 3.00 bits per heavy atom. The maximum atomic E-state index is 9.07. The smallest absolute Gasteiger partial charge is 0.225 e. The molecule has 0 aliphatic rings. The molecule has 15 heavy (non-hydrogen) atoms. The molecule has 1 atom stereocenters. The number of oxazole rings is 1. The van der Waals surface area contributed by atoms with Crippen molar-refractivity contribution in [3.05, 3.63) is 42.3 Å². The van der Waals surface area contributed by atoms with E-state index in [0.29, 0.717) is 5.89 Å². The molecular formula is C12H13NO2. The predicted molar refractivity (Wildman–Crippen MR) is 57.4 cm³/mol. The van der Waals surface area contributed by atoms with Crippen molar-refractivity contribution in [2.75, 3.05) is 6.61 Å². The van der Waals surface area contributed by atoms with Gasteiger partial charge < -0.3 is 9.52 Å². The Morgan fingerprint density at radius 1 is 1.47 bits per heavy atom. The quantitative estimate of drug-likeness (QED) is 0.833. The van der Waals surface area contributed by atoms with Gasteiger partial charge in [0.15, 0.2) is 0 Å². The van der Waals surface area contributed by atoms with Gasteiger partial charge in [-0.25, -0.2) is 4.98 Å². The van der Waals surface area contributed by atoms with Crippen LogP contribution in [0.2, 0.25) is 0 Å². The lowest BCUT2D eigenvalue weighted by Gasteiger charge is -2.08. The Bertz CT molecular complexity index is 423. The molecule has 0 amide bonds. The molecule has 78 valence electrons. The number of benzene rings is 1. The van der Waals surface area contributed by atoms with Gasteiger partial charge in [-0.3, -0.25) is 0 Å². The van der Waals surface area contributed by atoms with E-state index in [0.717, 1.165) is 11.1 Å². The molecule has 1 N–H and O–H groups in total. The summed E-state index contributed by atoms with van der Waals surface area (Å²) in [6.07, 6.45) is 3.18. The second-order valence-corrected chi connectivity index (χ2v) is 3.55. The highest BCUT2D eigenvalue weighted by Crippen LogP contribution is 2.22. The van der Waals surface area contributed by atoms with Gasteiger partial charge in [-0.05, 0) is 17.7 Å². The molecule has 0 aliphatic heterocycles. The van der Waals surface area contributed by atoms with Gasteiger partial charge in [0.05, 0.1) is 6.20 Å². The first-order valence-corrected chi connectivity index (χ1v) is 4.92. The zero-order valence-corrected chi connectivity index (χ0v) is 8.55. The summed E-state index contributed by atoms with van der Waals surface area (Å²) in [5.74, 6) is 0.752. The number of nitrogens with zero attached hydrogens (tertiary/aromatic N) is 1. The van der Waals surface area contributed by atoms with Gasteiger partial charge in [0.2, 0.25) is 5.89 Å². The fourth-order valence-electron chi connectivity index (χ4n) is 1.45. The van der Waals surface area contributed by atoms with Gasteiger partial charge in [0.25, 0.3) is 0 Å². The van der Waals surface area contributed by atoms with E-state index in [1.165, 1.54) is 0 Å². The van der Waals surface area contributed by atoms with Crippen LogP contribution in [0.25, 0.3) is 11.5 Å². The third kappa shape index (κ3) is 2.07. The van der Waals surface area contributed by atoms with Crippen molar-refractivity contribution in [3.8, 4) is 11.5 Å². The van der Waals surface area contributed by atoms with Crippen molar-refractivity contribution >= 4 is 0 Å². The number of hydrogen-bond donors (Lipinski definition) is 1. The van der Waals surface area contributed by atoms with Crippen LogP contribution < -0.4 is 0 Å². The van der Waals surface area contributed by atoms with Crippen LogP contribution in [0.4, 0.5) is 0 Å². The average molecular weight is 203 g/mol. The maximum absolute atomic E-state index is 9.07. The minimum Gasteiger partial charge on any atom is -0.445 e. The van der Waals surface area contributed by atoms with Gasteiger partial charge in [-0.2, -0.15) is 0 Å². The molecule has 1 unspecified atom stereocenters. The van der Waals surface area contributed by atoms with Crippen LogP contribution in [-0.4, -0.2) is 16.7 Å². The van der Waals surface area contributed by atoms with E-state index in [-0.39, 0.29) is 12.5 Å². The lowest BCUT2D eigenvalue weighted by Crippen LogP contribution is -1.98. The summed E-state index contributed by atoms with van der Waals surface area (Å²) in [6, 6.07) is 7.88. The van der Waals surface area contributed by atoms with Gasteiger partial charge in [-0.1, -0.05) is 19.1 Å². The van der Waals surface area contributed by atoms with Crippen LogP contribution in [0.1, 0.15) is 18.4 Å². The second kappa shape index (κ2) is 4.28. The van der Waals surface area contributed by atoms with Crippen molar-refractivity contribution in [1.82, 2.24) is 4.98 Å². The van der Waals surface area contributed by atoms with E-state index in [1.54, 1.807) is 12.5 Å². The molecule has 0 bridgehead atoms. The Labute approximate surface area is 88.4 Å². The molecular weight excluding hydrogens is 190 g/mol.